The Morgan fingerprint density at radius 2 is 2.09 bits per heavy atom. The molecule has 0 aliphatic heterocycles. The van der Waals surface area contributed by atoms with Gasteiger partial charge in [-0.2, -0.15) is 0 Å². The third-order valence-electron chi connectivity index (χ3n) is 0.773. The topological polar surface area (TPSA) is 63.2 Å². The van der Waals surface area contributed by atoms with Crippen molar-refractivity contribution in [3.63, 3.8) is 0 Å². The van der Waals surface area contributed by atoms with Gasteiger partial charge in [0.1, 0.15) is 0 Å². The highest BCUT2D eigenvalue weighted by Crippen LogP contribution is 2.07. The third kappa shape index (κ3) is 9.77. The summed E-state index contributed by atoms with van der Waals surface area (Å²) < 4.78 is 21.1. The Morgan fingerprint density at radius 1 is 1.55 bits per heavy atom. The van der Waals surface area contributed by atoms with Gasteiger partial charge in [-0.1, -0.05) is 0 Å². The molecule has 0 saturated heterocycles. The molecular weight excluding hydrogens is 186 g/mol. The summed E-state index contributed by atoms with van der Waals surface area (Å²) in [7, 11) is -2.12. The molecule has 0 aromatic carbocycles. The van der Waals surface area contributed by atoms with Crippen LogP contribution < -0.4 is 5.32 Å². The van der Waals surface area contributed by atoms with E-state index in [2.05, 4.69) is 5.32 Å². The molecule has 0 rings (SSSR count). The zero-order chi connectivity index (χ0) is 8.91. The fourth-order valence-electron chi connectivity index (χ4n) is 0.420. The van der Waals surface area contributed by atoms with E-state index in [1.54, 1.807) is 0 Å². The van der Waals surface area contributed by atoms with Gasteiger partial charge in [-0.25, -0.2) is 8.42 Å². The Kier molecular flexibility index (Phi) is 4.51. The number of rotatable bonds is 4. The number of nitrogens with one attached hydrogen (secondary N) is 1. The first kappa shape index (κ1) is 10.8. The zero-order valence-electron chi connectivity index (χ0n) is 6.46. The first-order chi connectivity index (χ1) is 4.92. The minimum Gasteiger partial charge on any atom is -0.355 e. The molecule has 0 radical (unpaired) electrons. The summed E-state index contributed by atoms with van der Waals surface area (Å²) in [5.41, 5.74) is 0. The van der Waals surface area contributed by atoms with E-state index >= 15 is 0 Å². The maximum Gasteiger partial charge on any atom is 0.216 e. The normalized spacial score (nSPS) is 11.1. The lowest BCUT2D eigenvalue weighted by Gasteiger charge is -1.99. The van der Waals surface area contributed by atoms with Crippen LogP contribution in [-0.2, 0) is 13.7 Å². The van der Waals surface area contributed by atoms with Crippen molar-refractivity contribution in [2.45, 2.75) is 6.92 Å². The SMILES string of the molecule is CC(=O)NCCSS(C)(=O)=O. The van der Waals surface area contributed by atoms with Crippen molar-refractivity contribution in [1.29, 1.82) is 0 Å². The highest BCUT2D eigenvalue weighted by Gasteiger charge is 2.01. The average molecular weight is 197 g/mol. The van der Waals surface area contributed by atoms with Gasteiger partial charge in [0.2, 0.25) is 5.91 Å². The van der Waals surface area contributed by atoms with E-state index in [4.69, 9.17) is 0 Å². The fourth-order valence-corrected chi connectivity index (χ4v) is 2.07. The Bertz CT molecular complexity index is 222. The van der Waals surface area contributed by atoms with Crippen molar-refractivity contribution in [3.8, 4) is 0 Å². The number of hydrogen-bond acceptors (Lipinski definition) is 4. The second kappa shape index (κ2) is 4.61. The lowest BCUT2D eigenvalue weighted by molar-refractivity contribution is -0.118. The van der Waals surface area contributed by atoms with Crippen LogP contribution in [0.5, 0.6) is 0 Å². The van der Waals surface area contributed by atoms with Crippen molar-refractivity contribution in [1.82, 2.24) is 5.32 Å². The van der Waals surface area contributed by atoms with Gasteiger partial charge >= 0.3 is 0 Å². The van der Waals surface area contributed by atoms with Gasteiger partial charge in [0, 0.05) is 25.5 Å². The molecule has 11 heavy (non-hydrogen) atoms. The van der Waals surface area contributed by atoms with Crippen LogP contribution in [0.25, 0.3) is 0 Å². The average Bonchev–Trinajstić information content (AvgIpc) is 1.78. The summed E-state index contributed by atoms with van der Waals surface area (Å²) in [4.78, 5) is 10.3. The number of carbonyl (C=O) groups is 1. The molecule has 0 aliphatic carbocycles. The van der Waals surface area contributed by atoms with Gasteiger partial charge in [-0.05, 0) is 10.8 Å². The Hall–Kier alpha value is -0.230. The van der Waals surface area contributed by atoms with Crippen molar-refractivity contribution < 1.29 is 13.2 Å². The van der Waals surface area contributed by atoms with Crippen LogP contribution in [0, 0.1) is 0 Å². The second-order valence-corrected chi connectivity index (χ2v) is 6.58. The van der Waals surface area contributed by atoms with Crippen molar-refractivity contribution in [2.24, 2.45) is 0 Å². The summed E-state index contributed by atoms with van der Waals surface area (Å²) in [6.45, 7) is 1.79. The molecule has 0 saturated carbocycles. The Balaban J connectivity index is 3.37. The highest BCUT2D eigenvalue weighted by molar-refractivity contribution is 8.71. The van der Waals surface area contributed by atoms with Crippen molar-refractivity contribution in [2.75, 3.05) is 18.6 Å². The minimum atomic E-state index is -2.96. The number of carbonyl (C=O) groups excluding carboxylic acids is 1. The predicted octanol–water partition coefficient (Wildman–Crippen LogP) is -0.185. The molecule has 66 valence electrons. The molecule has 0 bridgehead atoms. The molecular formula is C5H11NO3S2. The zero-order valence-corrected chi connectivity index (χ0v) is 8.09. The van der Waals surface area contributed by atoms with E-state index in [1.807, 2.05) is 0 Å². The third-order valence-corrected chi connectivity index (χ3v) is 3.36. The standard InChI is InChI=1S/C5H11NO3S2/c1-5(7)6-3-4-10-11(2,8)9/h3-4H2,1-2H3,(H,6,7). The van der Waals surface area contributed by atoms with E-state index in [0.717, 1.165) is 17.0 Å². The molecule has 0 atom stereocenters. The first-order valence-electron chi connectivity index (χ1n) is 3.00. The van der Waals surface area contributed by atoms with Gasteiger partial charge in [-0.3, -0.25) is 4.79 Å². The summed E-state index contributed by atoms with van der Waals surface area (Å²) in [6.07, 6.45) is 1.14. The van der Waals surface area contributed by atoms with E-state index in [1.165, 1.54) is 6.92 Å². The number of amides is 1. The van der Waals surface area contributed by atoms with Crippen LogP contribution in [0.3, 0.4) is 0 Å². The lowest BCUT2D eigenvalue weighted by atomic mass is 10.6. The monoisotopic (exact) mass is 197 g/mol. The van der Waals surface area contributed by atoms with E-state index < -0.39 is 8.87 Å². The Morgan fingerprint density at radius 3 is 2.45 bits per heavy atom. The molecule has 0 unspecified atom stereocenters. The summed E-state index contributed by atoms with van der Waals surface area (Å²) in [5, 5.41) is 2.49. The molecule has 0 spiro atoms. The van der Waals surface area contributed by atoms with Gasteiger partial charge in [-0.15, -0.1) is 0 Å². The Labute approximate surface area is 70.1 Å². The molecule has 0 fully saturated rings. The molecule has 1 amide bonds. The van der Waals surface area contributed by atoms with Gasteiger partial charge in [0.05, 0.1) is 0 Å². The van der Waals surface area contributed by atoms with E-state index in [-0.39, 0.29) is 5.91 Å². The van der Waals surface area contributed by atoms with E-state index in [9.17, 15) is 13.2 Å². The van der Waals surface area contributed by atoms with Crippen LogP contribution in [-0.4, -0.2) is 32.9 Å². The molecule has 1 N–H and O–H groups in total. The van der Waals surface area contributed by atoms with Crippen LogP contribution in [0.2, 0.25) is 0 Å². The summed E-state index contributed by atoms with van der Waals surface area (Å²) in [6, 6.07) is 0. The minimum absolute atomic E-state index is 0.140. The van der Waals surface area contributed by atoms with E-state index in [0.29, 0.717) is 12.3 Å². The fraction of sp³-hybridized carbons (Fsp3) is 0.800. The smallest absolute Gasteiger partial charge is 0.216 e. The second-order valence-electron chi connectivity index (χ2n) is 2.01. The largest absolute Gasteiger partial charge is 0.355 e. The number of hydrogen-bond donors (Lipinski definition) is 1. The summed E-state index contributed by atoms with van der Waals surface area (Å²) in [5.74, 6) is 0.261. The molecule has 0 aromatic rings. The van der Waals surface area contributed by atoms with Crippen LogP contribution in [0.4, 0.5) is 0 Å². The molecule has 4 nitrogen and oxygen atoms in total. The van der Waals surface area contributed by atoms with Gasteiger partial charge in [0.15, 0.2) is 8.87 Å². The molecule has 0 heterocycles. The molecule has 6 heteroatoms. The lowest BCUT2D eigenvalue weighted by Crippen LogP contribution is -2.22. The maximum absolute atomic E-state index is 10.5. The molecule has 0 aromatic heterocycles. The highest BCUT2D eigenvalue weighted by atomic mass is 33.1. The quantitative estimate of drug-likeness (QED) is 0.501. The van der Waals surface area contributed by atoms with Crippen LogP contribution >= 0.6 is 10.8 Å². The summed E-state index contributed by atoms with van der Waals surface area (Å²) >= 11 is 0. The first-order valence-corrected chi connectivity index (χ1v) is 6.40. The van der Waals surface area contributed by atoms with Crippen LogP contribution in [0.1, 0.15) is 6.92 Å². The predicted molar refractivity (Wildman–Crippen MR) is 46.0 cm³/mol. The van der Waals surface area contributed by atoms with Gasteiger partial charge in [0.25, 0.3) is 0 Å². The maximum atomic E-state index is 10.5. The molecule has 0 aliphatic rings. The van der Waals surface area contributed by atoms with Gasteiger partial charge < -0.3 is 5.32 Å². The van der Waals surface area contributed by atoms with Crippen molar-refractivity contribution >= 4 is 25.6 Å². The van der Waals surface area contributed by atoms with Crippen LogP contribution in [0.15, 0.2) is 0 Å². The van der Waals surface area contributed by atoms with Crippen molar-refractivity contribution in [3.05, 3.63) is 0 Å².